The SMILES string of the molecule is CN(Cc1csc(Br)c1)C(=O)c1cnccc1Cl. The molecule has 0 saturated heterocycles. The molecule has 0 fully saturated rings. The molecule has 0 radical (unpaired) electrons. The van der Waals surface area contributed by atoms with Gasteiger partial charge in [-0.1, -0.05) is 11.6 Å². The van der Waals surface area contributed by atoms with Crippen molar-refractivity contribution in [1.29, 1.82) is 0 Å². The van der Waals surface area contributed by atoms with Gasteiger partial charge in [0.05, 0.1) is 14.4 Å². The normalized spacial score (nSPS) is 10.4. The van der Waals surface area contributed by atoms with Crippen LogP contribution in [0.15, 0.2) is 33.7 Å². The van der Waals surface area contributed by atoms with Crippen LogP contribution in [-0.4, -0.2) is 22.8 Å². The van der Waals surface area contributed by atoms with Gasteiger partial charge < -0.3 is 4.90 Å². The lowest BCUT2D eigenvalue weighted by Gasteiger charge is -2.16. The van der Waals surface area contributed by atoms with Crippen LogP contribution in [0.4, 0.5) is 0 Å². The molecule has 0 aliphatic heterocycles. The molecule has 0 aliphatic carbocycles. The Morgan fingerprint density at radius 1 is 1.61 bits per heavy atom. The van der Waals surface area contributed by atoms with Crippen LogP contribution < -0.4 is 0 Å². The van der Waals surface area contributed by atoms with Crippen LogP contribution in [0.2, 0.25) is 5.02 Å². The second-order valence-electron chi connectivity index (χ2n) is 3.78. The van der Waals surface area contributed by atoms with Gasteiger partial charge in [0.1, 0.15) is 0 Å². The molecule has 94 valence electrons. The van der Waals surface area contributed by atoms with Crippen molar-refractivity contribution in [3.63, 3.8) is 0 Å². The molecule has 2 aromatic heterocycles. The number of hydrogen-bond donors (Lipinski definition) is 0. The maximum Gasteiger partial charge on any atom is 0.256 e. The first-order valence-electron chi connectivity index (χ1n) is 5.16. The quantitative estimate of drug-likeness (QED) is 0.847. The monoisotopic (exact) mass is 344 g/mol. The third kappa shape index (κ3) is 3.10. The summed E-state index contributed by atoms with van der Waals surface area (Å²) in [7, 11) is 1.75. The van der Waals surface area contributed by atoms with Gasteiger partial charge >= 0.3 is 0 Å². The summed E-state index contributed by atoms with van der Waals surface area (Å²) in [6.45, 7) is 0.548. The van der Waals surface area contributed by atoms with Gasteiger partial charge in [-0.2, -0.15) is 0 Å². The number of hydrogen-bond acceptors (Lipinski definition) is 3. The fourth-order valence-corrected chi connectivity index (χ4v) is 2.90. The lowest BCUT2D eigenvalue weighted by molar-refractivity contribution is 0.0785. The molecule has 1 amide bonds. The van der Waals surface area contributed by atoms with Gasteiger partial charge in [0.25, 0.3) is 5.91 Å². The second-order valence-corrected chi connectivity index (χ2v) is 6.47. The smallest absolute Gasteiger partial charge is 0.256 e. The van der Waals surface area contributed by atoms with E-state index in [-0.39, 0.29) is 5.91 Å². The molecule has 0 N–H and O–H groups in total. The average molecular weight is 346 g/mol. The van der Waals surface area contributed by atoms with Crippen molar-refractivity contribution in [2.24, 2.45) is 0 Å². The van der Waals surface area contributed by atoms with E-state index in [4.69, 9.17) is 11.6 Å². The molecule has 3 nitrogen and oxygen atoms in total. The molecule has 0 aromatic carbocycles. The zero-order valence-corrected chi connectivity index (χ0v) is 12.7. The maximum atomic E-state index is 12.2. The Morgan fingerprint density at radius 2 is 2.39 bits per heavy atom. The molecular formula is C12H10BrClN2OS. The fraction of sp³-hybridized carbons (Fsp3) is 0.167. The van der Waals surface area contributed by atoms with E-state index in [9.17, 15) is 4.79 Å². The van der Waals surface area contributed by atoms with Gasteiger partial charge in [-0.25, -0.2) is 0 Å². The highest BCUT2D eigenvalue weighted by molar-refractivity contribution is 9.11. The molecule has 18 heavy (non-hydrogen) atoms. The highest BCUT2D eigenvalue weighted by Crippen LogP contribution is 2.22. The molecule has 0 aliphatic rings. The molecule has 2 heterocycles. The van der Waals surface area contributed by atoms with Crippen molar-refractivity contribution in [2.45, 2.75) is 6.54 Å². The van der Waals surface area contributed by atoms with E-state index < -0.39 is 0 Å². The summed E-state index contributed by atoms with van der Waals surface area (Å²) in [6, 6.07) is 3.61. The molecule has 0 atom stereocenters. The Kier molecular flexibility index (Phi) is 4.37. The third-order valence-corrected chi connectivity index (χ3v) is 4.27. The van der Waals surface area contributed by atoms with E-state index in [1.54, 1.807) is 35.5 Å². The second kappa shape index (κ2) is 5.82. The molecule has 2 rings (SSSR count). The van der Waals surface area contributed by atoms with Crippen LogP contribution in [0.5, 0.6) is 0 Å². The summed E-state index contributed by atoms with van der Waals surface area (Å²) in [4.78, 5) is 17.7. The van der Waals surface area contributed by atoms with Gasteiger partial charge in [0, 0.05) is 26.0 Å². The topological polar surface area (TPSA) is 33.2 Å². The summed E-state index contributed by atoms with van der Waals surface area (Å²) >= 11 is 11.0. The van der Waals surface area contributed by atoms with Gasteiger partial charge in [-0.05, 0) is 39.0 Å². The lowest BCUT2D eigenvalue weighted by atomic mass is 10.2. The van der Waals surface area contributed by atoms with E-state index in [0.29, 0.717) is 17.1 Å². The molecule has 0 unspecified atom stereocenters. The molecule has 0 spiro atoms. The first kappa shape index (κ1) is 13.5. The van der Waals surface area contributed by atoms with Crippen LogP contribution in [0.3, 0.4) is 0 Å². The number of aromatic nitrogens is 1. The number of carbonyl (C=O) groups excluding carboxylic acids is 1. The summed E-state index contributed by atoms with van der Waals surface area (Å²) in [6.07, 6.45) is 3.06. The van der Waals surface area contributed by atoms with Crippen LogP contribution in [-0.2, 0) is 6.54 Å². The van der Waals surface area contributed by atoms with Crippen LogP contribution in [0.1, 0.15) is 15.9 Å². The summed E-state index contributed by atoms with van der Waals surface area (Å²) < 4.78 is 1.05. The van der Waals surface area contributed by atoms with E-state index in [1.165, 1.54) is 6.20 Å². The summed E-state index contributed by atoms with van der Waals surface area (Å²) in [5.41, 5.74) is 1.51. The highest BCUT2D eigenvalue weighted by Gasteiger charge is 2.15. The van der Waals surface area contributed by atoms with Crippen molar-refractivity contribution in [2.75, 3.05) is 7.05 Å². The first-order chi connectivity index (χ1) is 8.58. The number of carbonyl (C=O) groups is 1. The van der Waals surface area contributed by atoms with Crippen molar-refractivity contribution in [3.8, 4) is 0 Å². The van der Waals surface area contributed by atoms with Crippen molar-refractivity contribution >= 4 is 44.8 Å². The minimum absolute atomic E-state index is 0.129. The predicted molar refractivity (Wildman–Crippen MR) is 77.1 cm³/mol. The van der Waals surface area contributed by atoms with E-state index >= 15 is 0 Å². The first-order valence-corrected chi connectivity index (χ1v) is 7.21. The van der Waals surface area contributed by atoms with Gasteiger partial charge in [0.15, 0.2) is 0 Å². The number of thiophene rings is 1. The largest absolute Gasteiger partial charge is 0.337 e. The lowest BCUT2D eigenvalue weighted by Crippen LogP contribution is -2.26. The number of halogens is 2. The molecule has 0 bridgehead atoms. The molecule has 2 aromatic rings. The third-order valence-electron chi connectivity index (χ3n) is 2.39. The van der Waals surface area contributed by atoms with E-state index in [1.807, 2.05) is 11.4 Å². The average Bonchev–Trinajstić information content (AvgIpc) is 2.74. The minimum Gasteiger partial charge on any atom is -0.337 e. The zero-order chi connectivity index (χ0) is 13.1. The van der Waals surface area contributed by atoms with Crippen molar-refractivity contribution < 1.29 is 4.79 Å². The Bertz CT molecular complexity index is 573. The zero-order valence-electron chi connectivity index (χ0n) is 9.56. The Morgan fingerprint density at radius 3 is 3.00 bits per heavy atom. The Balaban J connectivity index is 2.12. The predicted octanol–water partition coefficient (Wildman–Crippen LogP) is 3.83. The van der Waals surface area contributed by atoms with Gasteiger partial charge in [-0.15, -0.1) is 11.3 Å². The fourth-order valence-electron chi connectivity index (χ4n) is 1.51. The highest BCUT2D eigenvalue weighted by atomic mass is 79.9. The molecule has 6 heteroatoms. The van der Waals surface area contributed by atoms with Crippen LogP contribution in [0, 0.1) is 0 Å². The number of nitrogens with zero attached hydrogens (tertiary/aromatic N) is 2. The minimum atomic E-state index is -0.129. The maximum absolute atomic E-state index is 12.2. The number of pyridine rings is 1. The molecule has 0 saturated carbocycles. The van der Waals surface area contributed by atoms with Crippen molar-refractivity contribution in [3.05, 3.63) is 49.8 Å². The van der Waals surface area contributed by atoms with E-state index in [0.717, 1.165) is 9.35 Å². The summed E-state index contributed by atoms with van der Waals surface area (Å²) in [5, 5.41) is 2.44. The van der Waals surface area contributed by atoms with Gasteiger partial charge in [0.2, 0.25) is 0 Å². The van der Waals surface area contributed by atoms with Crippen LogP contribution in [0.25, 0.3) is 0 Å². The Labute approximate surface area is 123 Å². The standard InChI is InChI=1S/C12H10BrClN2OS/c1-16(6-8-4-11(13)18-7-8)12(17)9-5-15-3-2-10(9)14/h2-5,7H,6H2,1H3. The van der Waals surface area contributed by atoms with Crippen LogP contribution >= 0.6 is 38.9 Å². The number of amides is 1. The Hall–Kier alpha value is -0.910. The van der Waals surface area contributed by atoms with Gasteiger partial charge in [-0.3, -0.25) is 9.78 Å². The van der Waals surface area contributed by atoms with E-state index in [2.05, 4.69) is 20.9 Å². The number of rotatable bonds is 3. The molecular weight excluding hydrogens is 336 g/mol. The summed E-state index contributed by atoms with van der Waals surface area (Å²) in [5.74, 6) is -0.129. The van der Waals surface area contributed by atoms with Crippen molar-refractivity contribution in [1.82, 2.24) is 9.88 Å².